The Morgan fingerprint density at radius 3 is 2.28 bits per heavy atom. The van der Waals surface area contributed by atoms with Crippen LogP contribution in [-0.2, 0) is 50.2 Å². The summed E-state index contributed by atoms with van der Waals surface area (Å²) in [4.78, 5) is 43.1. The van der Waals surface area contributed by atoms with Gasteiger partial charge in [0.1, 0.15) is 11.9 Å². The molecule has 1 saturated carbocycles. The summed E-state index contributed by atoms with van der Waals surface area (Å²) in [5.74, 6) is 0.196. The second-order valence-corrected chi connectivity index (χ2v) is 17.9. The average Bonchev–Trinajstić information content (AvgIpc) is 3.64. The van der Waals surface area contributed by atoms with E-state index in [1.807, 2.05) is 23.9 Å². The van der Waals surface area contributed by atoms with Crippen molar-refractivity contribution in [2.75, 3.05) is 32.5 Å². The minimum absolute atomic E-state index is 0.0129. The molecule has 1 aliphatic heterocycles. The van der Waals surface area contributed by atoms with Gasteiger partial charge in [-0.3, -0.25) is 28.7 Å². The molecule has 0 spiro atoms. The van der Waals surface area contributed by atoms with E-state index in [-0.39, 0.29) is 54.9 Å². The number of alkyl halides is 4. The third-order valence-corrected chi connectivity index (χ3v) is 11.8. The lowest BCUT2D eigenvalue weighted by Crippen LogP contribution is -2.32. The van der Waals surface area contributed by atoms with E-state index in [0.717, 1.165) is 56.0 Å². The molecule has 2 aliphatic rings. The summed E-state index contributed by atoms with van der Waals surface area (Å²) in [6.07, 6.45) is 7.06. The van der Waals surface area contributed by atoms with E-state index in [1.165, 1.54) is 67.4 Å². The Kier molecular flexibility index (Phi) is 17.8. The number of halogens is 4. The summed E-state index contributed by atoms with van der Waals surface area (Å²) in [5.41, 5.74) is 5.23. The smallest absolute Gasteiger partial charge is 0.406 e. The summed E-state index contributed by atoms with van der Waals surface area (Å²) in [5, 5.41) is 39.8. The van der Waals surface area contributed by atoms with Crippen molar-refractivity contribution >= 4 is 23.5 Å². The number of aromatic nitrogens is 12. The molecule has 6 aromatic rings. The maximum atomic E-state index is 14.3. The largest absolute Gasteiger partial charge is 0.573 e. The van der Waals surface area contributed by atoms with Crippen molar-refractivity contribution in [2.45, 2.75) is 116 Å². The second kappa shape index (κ2) is 24.5. The lowest BCUT2D eigenvalue weighted by Gasteiger charge is -2.28. The number of carbonyl (C=O) groups is 3. The van der Waals surface area contributed by atoms with Crippen LogP contribution in [0.5, 0.6) is 5.75 Å². The van der Waals surface area contributed by atoms with Crippen molar-refractivity contribution in [2.24, 2.45) is 5.92 Å². The second-order valence-electron chi connectivity index (χ2n) is 17.9. The average molecular weight is 987 g/mol. The van der Waals surface area contributed by atoms with Gasteiger partial charge in [0.2, 0.25) is 5.91 Å². The van der Waals surface area contributed by atoms with Crippen LogP contribution in [0.25, 0.3) is 0 Å². The third-order valence-electron chi connectivity index (χ3n) is 11.8. The molecular weight excluding hydrogens is 929 g/mol. The molecule has 2 fully saturated rings. The Hall–Kier alpha value is -7.24. The van der Waals surface area contributed by atoms with E-state index < -0.39 is 18.4 Å². The number of aryl methyl sites for hydroxylation is 4. The van der Waals surface area contributed by atoms with E-state index in [9.17, 15) is 31.9 Å². The molecule has 1 aliphatic carbocycles. The van der Waals surface area contributed by atoms with Gasteiger partial charge in [0, 0.05) is 38.6 Å². The zero-order valence-corrected chi connectivity index (χ0v) is 39.9. The number of hydrogen-bond donors (Lipinski definition) is 3. The highest BCUT2D eigenvalue weighted by molar-refractivity contribution is 5.92. The minimum Gasteiger partial charge on any atom is -0.406 e. The number of nitrogens with zero attached hydrogens (tertiary/aromatic N) is 13. The van der Waals surface area contributed by atoms with Gasteiger partial charge in [-0.05, 0) is 144 Å². The maximum Gasteiger partial charge on any atom is 0.573 e. The predicted molar refractivity (Wildman–Crippen MR) is 249 cm³/mol. The van der Waals surface area contributed by atoms with Crippen molar-refractivity contribution in [3.63, 3.8) is 0 Å². The summed E-state index contributed by atoms with van der Waals surface area (Å²) >= 11 is 0. The van der Waals surface area contributed by atoms with Gasteiger partial charge in [0.25, 0.3) is 11.8 Å². The molecule has 1 atom stereocenters. The Morgan fingerprint density at radius 2 is 1.55 bits per heavy atom. The van der Waals surface area contributed by atoms with Gasteiger partial charge >= 0.3 is 6.36 Å². The van der Waals surface area contributed by atoms with E-state index in [1.54, 1.807) is 29.1 Å². The van der Waals surface area contributed by atoms with Crippen LogP contribution in [0.3, 0.4) is 0 Å². The quantitative estimate of drug-likeness (QED) is 0.0620. The van der Waals surface area contributed by atoms with Gasteiger partial charge in [-0.1, -0.05) is 27.8 Å². The van der Waals surface area contributed by atoms with Crippen LogP contribution in [0.4, 0.5) is 23.4 Å². The van der Waals surface area contributed by atoms with Crippen LogP contribution in [0.2, 0.25) is 0 Å². The zero-order valence-electron chi connectivity index (χ0n) is 39.9. The third kappa shape index (κ3) is 17.0. The zero-order chi connectivity index (χ0) is 50.3. The molecule has 71 heavy (non-hydrogen) atoms. The Morgan fingerprint density at radius 1 is 0.803 bits per heavy atom. The Bertz CT molecular complexity index is 2680. The number of hydrogen-bond acceptors (Lipinski definition) is 14. The van der Waals surface area contributed by atoms with Crippen molar-refractivity contribution in [1.29, 1.82) is 0 Å². The molecule has 6 heterocycles. The number of unbranched alkanes of at least 4 members (excludes halogenated alkanes) is 1. The fraction of sp³-hybridized carbons (Fsp3) is 0.489. The van der Waals surface area contributed by atoms with Crippen molar-refractivity contribution in [1.82, 2.24) is 75.7 Å². The van der Waals surface area contributed by atoms with Crippen molar-refractivity contribution in [3.8, 4) is 5.75 Å². The summed E-state index contributed by atoms with van der Waals surface area (Å²) in [7, 11) is 3.64. The van der Waals surface area contributed by atoms with Crippen LogP contribution >= 0.6 is 0 Å². The van der Waals surface area contributed by atoms with Gasteiger partial charge in [-0.15, -0.1) is 33.6 Å². The fourth-order valence-corrected chi connectivity index (χ4v) is 7.91. The molecule has 1 saturated heterocycles. The molecule has 0 unspecified atom stereocenters. The molecule has 8 rings (SSSR count). The lowest BCUT2D eigenvalue weighted by atomic mass is 9.97. The van der Waals surface area contributed by atoms with Gasteiger partial charge in [-0.2, -0.15) is 5.10 Å². The Balaban J connectivity index is 0.000000209. The number of carbonyl (C=O) groups excluding carboxylic acids is 3. The maximum absolute atomic E-state index is 14.3. The fourth-order valence-electron chi connectivity index (χ4n) is 7.91. The van der Waals surface area contributed by atoms with E-state index >= 15 is 0 Å². The standard InChI is InChI=1S/C24H31F3N8O2.C23H27FN8O2/c1-33-11-8-18(9-12-33)15-35-16-20(29-31-35)6-2-3-10-34-17-22(30-32-34)23(36)28-14-19-5-4-7-21(13-19)37-24(25,26)27;1-14-9-16(15-3-4-15)10-19(26-14)11-22(33)27-21-8-7-18(28-30-21)6-5-17(24)12-32-13-20(29-31-32)23(34)25-2/h4-5,7,13,16-18H,2-3,6,8-12,14-15H2,1H3,(H,28,36);7-10,13,15,17H,3-6,11-12H2,1-2H3,(H,25,34)(H,27,30,33)/t;17-/m.1/s1. The molecule has 1 aromatic carbocycles. The van der Waals surface area contributed by atoms with E-state index in [2.05, 4.69) is 84.8 Å². The topological polar surface area (TPSA) is 231 Å². The first-order chi connectivity index (χ1) is 34.1. The number of amides is 3. The van der Waals surface area contributed by atoms with E-state index in [0.29, 0.717) is 41.9 Å². The minimum atomic E-state index is -4.77. The number of benzene rings is 1. The molecule has 24 heteroatoms. The first kappa shape index (κ1) is 51.6. The molecule has 20 nitrogen and oxygen atoms in total. The van der Waals surface area contributed by atoms with Crippen LogP contribution < -0.4 is 20.7 Å². The van der Waals surface area contributed by atoms with Crippen LogP contribution in [-0.4, -0.2) is 123 Å². The molecule has 5 aromatic heterocycles. The summed E-state index contributed by atoms with van der Waals surface area (Å²) < 4.78 is 60.2. The summed E-state index contributed by atoms with van der Waals surface area (Å²) in [6, 6.07) is 12.9. The summed E-state index contributed by atoms with van der Waals surface area (Å²) in [6.45, 7) is 5.73. The SMILES string of the molecule is CN1CCC(Cn2cc(CCCCn3cc(C(=O)NCc4cccc(OC(F)(F)F)c4)nn3)nn2)CC1.CNC(=O)c1cn(C[C@H](F)CCc2ccc(NC(=O)Cc3cc(C4CC4)cc(C)n3)nn2)nn1. The number of piperidine rings is 1. The number of rotatable bonds is 21. The first-order valence-corrected chi connectivity index (χ1v) is 23.6. The van der Waals surface area contributed by atoms with Gasteiger partial charge in [-0.25, -0.2) is 9.07 Å². The predicted octanol–water partition coefficient (Wildman–Crippen LogP) is 5.22. The number of ether oxygens (including phenoxy) is 1. The number of nitrogens with one attached hydrogen (secondary N) is 3. The number of pyridine rings is 1. The van der Waals surface area contributed by atoms with Gasteiger partial charge in [0.15, 0.2) is 17.2 Å². The van der Waals surface area contributed by atoms with Crippen molar-refractivity contribution in [3.05, 3.63) is 112 Å². The van der Waals surface area contributed by atoms with Gasteiger partial charge < -0.3 is 25.6 Å². The lowest BCUT2D eigenvalue weighted by molar-refractivity contribution is -0.274. The number of anilines is 1. The van der Waals surface area contributed by atoms with Crippen LogP contribution in [0, 0.1) is 12.8 Å². The molecule has 0 bridgehead atoms. The molecule has 0 radical (unpaired) electrons. The normalized spacial score (nSPS) is 14.6. The molecular formula is C47H58F4N16O4. The molecule has 3 amide bonds. The highest BCUT2D eigenvalue weighted by Gasteiger charge is 2.31. The molecule has 378 valence electrons. The Labute approximate surface area is 407 Å². The van der Waals surface area contributed by atoms with Crippen LogP contribution in [0.1, 0.15) is 106 Å². The number of likely N-dealkylation sites (tertiary alicyclic amines) is 1. The molecule has 3 N–H and O–H groups in total. The van der Waals surface area contributed by atoms with Crippen molar-refractivity contribution < 1.29 is 36.7 Å². The monoisotopic (exact) mass is 986 g/mol. The van der Waals surface area contributed by atoms with Gasteiger partial charge in [0.05, 0.1) is 42.4 Å². The van der Waals surface area contributed by atoms with E-state index in [4.69, 9.17) is 0 Å². The first-order valence-electron chi connectivity index (χ1n) is 23.6. The van der Waals surface area contributed by atoms with Crippen LogP contribution in [0.15, 0.2) is 67.1 Å². The highest BCUT2D eigenvalue weighted by Crippen LogP contribution is 2.40. The highest BCUT2D eigenvalue weighted by atomic mass is 19.4.